The number of ether oxygens (including phenoxy) is 1. The lowest BCUT2D eigenvalue weighted by Gasteiger charge is -2.36. The molecule has 1 atom stereocenters. The minimum atomic E-state index is 0.135. The second kappa shape index (κ2) is 7.92. The molecule has 0 bridgehead atoms. The van der Waals surface area contributed by atoms with Gasteiger partial charge < -0.3 is 15.0 Å². The molecule has 0 spiro atoms. The van der Waals surface area contributed by atoms with Crippen LogP contribution in [0.15, 0.2) is 30.3 Å². The van der Waals surface area contributed by atoms with Crippen molar-refractivity contribution >= 4 is 0 Å². The second-order valence-corrected chi connectivity index (χ2v) is 6.70. The Labute approximate surface area is 129 Å². The third kappa shape index (κ3) is 5.10. The largest absolute Gasteiger partial charge is 0.380 e. The summed E-state index contributed by atoms with van der Waals surface area (Å²) in [4.78, 5) is 2.56. The van der Waals surface area contributed by atoms with Crippen LogP contribution < -0.4 is 5.32 Å². The van der Waals surface area contributed by atoms with Gasteiger partial charge in [0.2, 0.25) is 0 Å². The molecule has 1 saturated heterocycles. The fraction of sp³-hybridized carbons (Fsp3) is 0.667. The average Bonchev–Trinajstić information content (AvgIpc) is 2.75. The molecule has 0 saturated carbocycles. The standard InChI is InChI=1S/C18H30N2O/c1-16(2)19-14-18(3,17-8-5-4-6-9-17)15-20-10-7-12-21-13-11-20/h4-6,8-9,16,19H,7,10-15H2,1-3H3. The van der Waals surface area contributed by atoms with E-state index in [9.17, 15) is 0 Å². The molecule has 0 amide bonds. The van der Waals surface area contributed by atoms with Gasteiger partial charge in [-0.3, -0.25) is 0 Å². The third-order valence-electron chi connectivity index (χ3n) is 4.26. The maximum absolute atomic E-state index is 5.59. The first-order chi connectivity index (χ1) is 10.1. The fourth-order valence-electron chi connectivity index (χ4n) is 2.97. The Kier molecular flexibility index (Phi) is 6.22. The molecule has 1 unspecified atom stereocenters. The monoisotopic (exact) mass is 290 g/mol. The van der Waals surface area contributed by atoms with Gasteiger partial charge in [0.15, 0.2) is 0 Å². The van der Waals surface area contributed by atoms with E-state index in [-0.39, 0.29) is 5.41 Å². The maximum atomic E-state index is 5.59. The molecule has 0 aliphatic carbocycles. The Bertz CT molecular complexity index is 399. The van der Waals surface area contributed by atoms with E-state index in [0.717, 1.165) is 45.8 Å². The summed E-state index contributed by atoms with van der Waals surface area (Å²) in [5, 5.41) is 3.63. The molecule has 118 valence electrons. The fourth-order valence-corrected chi connectivity index (χ4v) is 2.97. The van der Waals surface area contributed by atoms with Crippen LogP contribution in [-0.4, -0.2) is 50.3 Å². The van der Waals surface area contributed by atoms with E-state index in [1.54, 1.807) is 0 Å². The normalized spacial score (nSPS) is 20.2. The van der Waals surface area contributed by atoms with E-state index < -0.39 is 0 Å². The number of hydrogen-bond donors (Lipinski definition) is 1. The molecule has 1 aromatic carbocycles. The SMILES string of the molecule is CC(C)NCC(C)(CN1CCCOCC1)c1ccccc1. The molecule has 1 heterocycles. The Morgan fingerprint density at radius 3 is 2.67 bits per heavy atom. The number of benzene rings is 1. The maximum Gasteiger partial charge on any atom is 0.0593 e. The summed E-state index contributed by atoms with van der Waals surface area (Å²) in [5.74, 6) is 0. The van der Waals surface area contributed by atoms with Crippen LogP contribution in [0.5, 0.6) is 0 Å². The number of nitrogens with zero attached hydrogens (tertiary/aromatic N) is 1. The van der Waals surface area contributed by atoms with E-state index in [0.29, 0.717) is 6.04 Å². The van der Waals surface area contributed by atoms with Gasteiger partial charge >= 0.3 is 0 Å². The van der Waals surface area contributed by atoms with Crippen molar-refractivity contribution < 1.29 is 4.74 Å². The molecule has 2 rings (SSSR count). The summed E-state index contributed by atoms with van der Waals surface area (Å²) in [6.07, 6.45) is 1.14. The molecule has 0 radical (unpaired) electrons. The Morgan fingerprint density at radius 2 is 1.95 bits per heavy atom. The Hall–Kier alpha value is -0.900. The van der Waals surface area contributed by atoms with Crippen molar-refractivity contribution in [3.63, 3.8) is 0 Å². The van der Waals surface area contributed by atoms with Crippen molar-refractivity contribution in [1.29, 1.82) is 0 Å². The molecule has 1 aromatic rings. The topological polar surface area (TPSA) is 24.5 Å². The van der Waals surface area contributed by atoms with Crippen LogP contribution >= 0.6 is 0 Å². The van der Waals surface area contributed by atoms with Gasteiger partial charge in [0.05, 0.1) is 6.61 Å². The predicted octanol–water partition coefficient (Wildman–Crippen LogP) is 2.66. The highest BCUT2D eigenvalue weighted by atomic mass is 16.5. The molecule has 3 heteroatoms. The summed E-state index contributed by atoms with van der Waals surface area (Å²) in [5.41, 5.74) is 1.55. The highest BCUT2D eigenvalue weighted by Crippen LogP contribution is 2.25. The summed E-state index contributed by atoms with van der Waals surface area (Å²) < 4.78 is 5.59. The minimum absolute atomic E-state index is 0.135. The van der Waals surface area contributed by atoms with Crippen LogP contribution in [0.1, 0.15) is 32.8 Å². The molecule has 1 N–H and O–H groups in total. The quantitative estimate of drug-likeness (QED) is 0.872. The van der Waals surface area contributed by atoms with Gasteiger partial charge in [-0.2, -0.15) is 0 Å². The van der Waals surface area contributed by atoms with Gasteiger partial charge in [0.1, 0.15) is 0 Å². The average molecular weight is 290 g/mol. The van der Waals surface area contributed by atoms with Crippen LogP contribution in [0.2, 0.25) is 0 Å². The highest BCUT2D eigenvalue weighted by molar-refractivity contribution is 5.25. The van der Waals surface area contributed by atoms with Gasteiger partial charge in [0.25, 0.3) is 0 Å². The first-order valence-electron chi connectivity index (χ1n) is 8.19. The lowest BCUT2D eigenvalue weighted by molar-refractivity contribution is 0.136. The van der Waals surface area contributed by atoms with E-state index in [1.807, 2.05) is 0 Å². The molecule has 1 aliphatic rings. The van der Waals surface area contributed by atoms with Gasteiger partial charge in [-0.15, -0.1) is 0 Å². The number of hydrogen-bond acceptors (Lipinski definition) is 3. The van der Waals surface area contributed by atoms with Crippen LogP contribution in [0.25, 0.3) is 0 Å². The zero-order valence-electron chi connectivity index (χ0n) is 13.8. The first kappa shape index (κ1) is 16.5. The molecule has 0 aromatic heterocycles. The van der Waals surface area contributed by atoms with Crippen molar-refractivity contribution in [2.75, 3.05) is 39.4 Å². The molecular weight excluding hydrogens is 260 g/mol. The highest BCUT2D eigenvalue weighted by Gasteiger charge is 2.29. The van der Waals surface area contributed by atoms with Crippen molar-refractivity contribution in [2.24, 2.45) is 0 Å². The van der Waals surface area contributed by atoms with Gasteiger partial charge in [-0.05, 0) is 12.0 Å². The van der Waals surface area contributed by atoms with Crippen molar-refractivity contribution in [2.45, 2.75) is 38.6 Å². The van der Waals surface area contributed by atoms with Gasteiger partial charge in [-0.1, -0.05) is 51.1 Å². The van der Waals surface area contributed by atoms with E-state index in [1.165, 1.54) is 5.56 Å². The summed E-state index contributed by atoms with van der Waals surface area (Å²) in [6.45, 7) is 12.9. The van der Waals surface area contributed by atoms with Crippen molar-refractivity contribution in [3.8, 4) is 0 Å². The van der Waals surface area contributed by atoms with Crippen LogP contribution in [0, 0.1) is 0 Å². The second-order valence-electron chi connectivity index (χ2n) is 6.70. The van der Waals surface area contributed by atoms with Crippen LogP contribution in [0.3, 0.4) is 0 Å². The van der Waals surface area contributed by atoms with Crippen molar-refractivity contribution in [3.05, 3.63) is 35.9 Å². The Balaban J connectivity index is 2.10. The van der Waals surface area contributed by atoms with Crippen molar-refractivity contribution in [1.82, 2.24) is 10.2 Å². The smallest absolute Gasteiger partial charge is 0.0593 e. The lowest BCUT2D eigenvalue weighted by Crippen LogP contribution is -2.47. The molecule has 1 aliphatic heterocycles. The van der Waals surface area contributed by atoms with Crippen LogP contribution in [0.4, 0.5) is 0 Å². The molecular formula is C18H30N2O. The molecule has 21 heavy (non-hydrogen) atoms. The van der Waals surface area contributed by atoms with Gasteiger partial charge in [-0.25, -0.2) is 0 Å². The van der Waals surface area contributed by atoms with Gasteiger partial charge in [0, 0.05) is 44.2 Å². The van der Waals surface area contributed by atoms with Crippen LogP contribution in [-0.2, 0) is 10.2 Å². The lowest BCUT2D eigenvalue weighted by atomic mass is 9.81. The van der Waals surface area contributed by atoms with E-state index >= 15 is 0 Å². The summed E-state index contributed by atoms with van der Waals surface area (Å²) in [7, 11) is 0. The first-order valence-corrected chi connectivity index (χ1v) is 8.19. The van der Waals surface area contributed by atoms with E-state index in [2.05, 4.69) is 61.3 Å². The molecule has 3 nitrogen and oxygen atoms in total. The number of nitrogens with one attached hydrogen (secondary N) is 1. The molecule has 1 fully saturated rings. The zero-order valence-corrected chi connectivity index (χ0v) is 13.8. The summed E-state index contributed by atoms with van der Waals surface area (Å²) >= 11 is 0. The minimum Gasteiger partial charge on any atom is -0.380 e. The third-order valence-corrected chi connectivity index (χ3v) is 4.26. The Morgan fingerprint density at radius 1 is 1.19 bits per heavy atom. The summed E-state index contributed by atoms with van der Waals surface area (Å²) in [6, 6.07) is 11.4. The predicted molar refractivity (Wildman–Crippen MR) is 88.8 cm³/mol. The zero-order chi connectivity index (χ0) is 15.1. The number of rotatable bonds is 6. The van der Waals surface area contributed by atoms with E-state index in [4.69, 9.17) is 4.74 Å².